The van der Waals surface area contributed by atoms with Crippen LogP contribution in [0.4, 0.5) is 10.1 Å². The van der Waals surface area contributed by atoms with Gasteiger partial charge in [0.05, 0.1) is 6.07 Å². The van der Waals surface area contributed by atoms with Gasteiger partial charge in [-0.3, -0.25) is 0 Å². The van der Waals surface area contributed by atoms with E-state index in [1.54, 1.807) is 12.1 Å². The molecule has 0 saturated heterocycles. The van der Waals surface area contributed by atoms with Crippen molar-refractivity contribution in [3.8, 4) is 6.07 Å². The van der Waals surface area contributed by atoms with E-state index in [2.05, 4.69) is 11.4 Å². The second-order valence-electron chi connectivity index (χ2n) is 5.16. The van der Waals surface area contributed by atoms with Crippen LogP contribution in [0.3, 0.4) is 0 Å². The van der Waals surface area contributed by atoms with E-state index in [0.29, 0.717) is 11.8 Å². The second-order valence-corrected chi connectivity index (χ2v) is 5.16. The zero-order valence-corrected chi connectivity index (χ0v) is 9.62. The molecule has 0 amide bonds. The molecule has 1 aromatic rings. The first kappa shape index (κ1) is 10.6. The maximum Gasteiger partial charge on any atom is 0.131 e. The SMILES string of the molecule is N#CC(Nc1ccc(F)cc1)(C1CC1)C1CC1. The normalized spacial score (nSPS) is 19.8. The number of nitriles is 1. The van der Waals surface area contributed by atoms with E-state index in [4.69, 9.17) is 0 Å². The van der Waals surface area contributed by atoms with Crippen LogP contribution in [0.1, 0.15) is 25.7 Å². The molecule has 0 unspecified atom stereocenters. The number of nitrogens with one attached hydrogen (secondary N) is 1. The van der Waals surface area contributed by atoms with Crippen LogP contribution in [0.5, 0.6) is 0 Å². The number of benzene rings is 1. The van der Waals surface area contributed by atoms with E-state index in [1.165, 1.54) is 12.1 Å². The van der Waals surface area contributed by atoms with Crippen molar-refractivity contribution in [1.29, 1.82) is 5.26 Å². The summed E-state index contributed by atoms with van der Waals surface area (Å²) in [5, 5.41) is 12.9. The average molecular weight is 230 g/mol. The number of anilines is 1. The topological polar surface area (TPSA) is 35.8 Å². The Bertz CT molecular complexity index is 440. The third-order valence-corrected chi connectivity index (χ3v) is 3.82. The third kappa shape index (κ3) is 1.88. The van der Waals surface area contributed by atoms with E-state index < -0.39 is 5.54 Å². The van der Waals surface area contributed by atoms with Crippen molar-refractivity contribution in [2.24, 2.45) is 11.8 Å². The van der Waals surface area contributed by atoms with Crippen LogP contribution >= 0.6 is 0 Å². The second kappa shape index (κ2) is 3.73. The lowest BCUT2D eigenvalue weighted by Gasteiger charge is -2.29. The van der Waals surface area contributed by atoms with Gasteiger partial charge in [-0.05, 0) is 61.8 Å². The number of hydrogen-bond acceptors (Lipinski definition) is 2. The lowest BCUT2D eigenvalue weighted by Crippen LogP contribution is -2.41. The molecule has 2 fully saturated rings. The summed E-state index contributed by atoms with van der Waals surface area (Å²) < 4.78 is 12.9. The van der Waals surface area contributed by atoms with Crippen LogP contribution in [-0.2, 0) is 0 Å². The lowest BCUT2D eigenvalue weighted by atomic mass is 9.88. The molecule has 3 heteroatoms. The predicted molar refractivity (Wildman–Crippen MR) is 63.8 cm³/mol. The van der Waals surface area contributed by atoms with Gasteiger partial charge in [0.2, 0.25) is 0 Å². The Balaban J connectivity index is 1.85. The molecule has 2 aliphatic carbocycles. The van der Waals surface area contributed by atoms with Gasteiger partial charge in [0.15, 0.2) is 0 Å². The molecule has 0 aliphatic heterocycles. The summed E-state index contributed by atoms with van der Waals surface area (Å²) in [6, 6.07) is 8.80. The Labute approximate surface area is 100 Å². The van der Waals surface area contributed by atoms with Crippen LogP contribution in [0, 0.1) is 29.0 Å². The minimum atomic E-state index is -0.405. The first-order valence-corrected chi connectivity index (χ1v) is 6.19. The molecular formula is C14H15FN2. The summed E-state index contributed by atoms with van der Waals surface area (Å²) >= 11 is 0. The van der Waals surface area contributed by atoms with Crippen LogP contribution in [0.15, 0.2) is 24.3 Å². The Morgan fingerprint density at radius 1 is 1.12 bits per heavy atom. The Morgan fingerprint density at radius 2 is 1.65 bits per heavy atom. The molecule has 0 aromatic heterocycles. The van der Waals surface area contributed by atoms with Gasteiger partial charge in [-0.2, -0.15) is 5.26 Å². The van der Waals surface area contributed by atoms with Crippen molar-refractivity contribution in [3.05, 3.63) is 30.1 Å². The number of nitrogens with zero attached hydrogens (tertiary/aromatic N) is 1. The van der Waals surface area contributed by atoms with Gasteiger partial charge in [-0.25, -0.2) is 4.39 Å². The van der Waals surface area contributed by atoms with E-state index in [9.17, 15) is 9.65 Å². The Morgan fingerprint density at radius 3 is 2.06 bits per heavy atom. The van der Waals surface area contributed by atoms with E-state index in [0.717, 1.165) is 31.4 Å². The molecule has 3 rings (SSSR count). The average Bonchev–Trinajstić information content (AvgIpc) is 3.18. The molecule has 0 radical (unpaired) electrons. The fourth-order valence-electron chi connectivity index (χ4n) is 2.60. The quantitative estimate of drug-likeness (QED) is 0.861. The molecule has 0 bridgehead atoms. The van der Waals surface area contributed by atoms with Crippen molar-refractivity contribution in [2.75, 3.05) is 5.32 Å². The Kier molecular flexibility index (Phi) is 2.32. The number of hydrogen-bond donors (Lipinski definition) is 1. The highest BCUT2D eigenvalue weighted by molar-refractivity contribution is 5.49. The number of halogens is 1. The van der Waals surface area contributed by atoms with Crippen molar-refractivity contribution in [1.82, 2.24) is 0 Å². The summed E-state index contributed by atoms with van der Waals surface area (Å²) in [6.45, 7) is 0. The molecule has 1 aromatic carbocycles. The summed E-state index contributed by atoms with van der Waals surface area (Å²) in [4.78, 5) is 0. The zero-order valence-electron chi connectivity index (χ0n) is 9.62. The molecular weight excluding hydrogens is 215 g/mol. The molecule has 17 heavy (non-hydrogen) atoms. The van der Waals surface area contributed by atoms with Crippen LogP contribution in [0.25, 0.3) is 0 Å². The van der Waals surface area contributed by atoms with Gasteiger partial charge >= 0.3 is 0 Å². The largest absolute Gasteiger partial charge is 0.367 e. The fraction of sp³-hybridized carbons (Fsp3) is 0.500. The standard InChI is InChI=1S/C14H15FN2/c15-12-5-7-13(8-6-12)17-14(9-16,10-1-2-10)11-3-4-11/h5-8,10-11,17H,1-4H2. The van der Waals surface area contributed by atoms with Crippen molar-refractivity contribution >= 4 is 5.69 Å². The van der Waals surface area contributed by atoms with Crippen molar-refractivity contribution in [3.63, 3.8) is 0 Å². The van der Waals surface area contributed by atoms with Crippen molar-refractivity contribution < 1.29 is 4.39 Å². The molecule has 0 atom stereocenters. The predicted octanol–water partition coefficient (Wildman–Crippen LogP) is 3.32. The van der Waals surface area contributed by atoms with Gasteiger partial charge in [-0.15, -0.1) is 0 Å². The van der Waals surface area contributed by atoms with Crippen LogP contribution < -0.4 is 5.32 Å². The number of rotatable bonds is 4. The highest BCUT2D eigenvalue weighted by Crippen LogP contribution is 2.53. The van der Waals surface area contributed by atoms with E-state index in [1.807, 2.05) is 0 Å². The van der Waals surface area contributed by atoms with E-state index in [-0.39, 0.29) is 5.82 Å². The molecule has 2 nitrogen and oxygen atoms in total. The lowest BCUT2D eigenvalue weighted by molar-refractivity contribution is 0.455. The molecule has 2 saturated carbocycles. The van der Waals surface area contributed by atoms with Gasteiger partial charge in [-0.1, -0.05) is 0 Å². The third-order valence-electron chi connectivity index (χ3n) is 3.82. The van der Waals surface area contributed by atoms with E-state index >= 15 is 0 Å². The summed E-state index contributed by atoms with van der Waals surface area (Å²) in [7, 11) is 0. The first-order valence-electron chi connectivity index (χ1n) is 6.19. The van der Waals surface area contributed by atoms with Gasteiger partial charge in [0, 0.05) is 5.69 Å². The van der Waals surface area contributed by atoms with Gasteiger partial charge < -0.3 is 5.32 Å². The highest BCUT2D eigenvalue weighted by Gasteiger charge is 2.55. The monoisotopic (exact) mass is 230 g/mol. The van der Waals surface area contributed by atoms with Crippen molar-refractivity contribution in [2.45, 2.75) is 31.2 Å². The maximum atomic E-state index is 12.9. The molecule has 0 spiro atoms. The molecule has 88 valence electrons. The zero-order chi connectivity index (χ0) is 11.9. The first-order chi connectivity index (χ1) is 8.24. The molecule has 1 N–H and O–H groups in total. The minimum absolute atomic E-state index is 0.240. The van der Waals surface area contributed by atoms with Gasteiger partial charge in [0.1, 0.15) is 11.4 Å². The van der Waals surface area contributed by atoms with Gasteiger partial charge in [0.25, 0.3) is 0 Å². The van der Waals surface area contributed by atoms with Crippen LogP contribution in [-0.4, -0.2) is 5.54 Å². The molecule has 0 heterocycles. The highest BCUT2D eigenvalue weighted by atomic mass is 19.1. The summed E-state index contributed by atoms with van der Waals surface area (Å²) in [5.74, 6) is 0.714. The fourth-order valence-corrected chi connectivity index (χ4v) is 2.60. The summed E-state index contributed by atoms with van der Waals surface area (Å²) in [6.07, 6.45) is 4.55. The summed E-state index contributed by atoms with van der Waals surface area (Å²) in [5.41, 5.74) is 0.449. The van der Waals surface area contributed by atoms with Crippen LogP contribution in [0.2, 0.25) is 0 Å². The Hall–Kier alpha value is -1.56. The maximum absolute atomic E-state index is 12.9. The molecule has 2 aliphatic rings. The smallest absolute Gasteiger partial charge is 0.131 e. The minimum Gasteiger partial charge on any atom is -0.367 e.